The molecule has 3 rings (SSSR count). The first kappa shape index (κ1) is 17.0. The molecule has 2 N–H and O–H groups in total. The molecule has 0 spiro atoms. The number of aromatic amines is 1. The van der Waals surface area contributed by atoms with Gasteiger partial charge in [-0.05, 0) is 36.2 Å². The van der Waals surface area contributed by atoms with Crippen molar-refractivity contribution < 1.29 is 9.53 Å². The Morgan fingerprint density at radius 3 is 2.76 bits per heavy atom. The molecule has 5 heteroatoms. The molecule has 0 aliphatic heterocycles. The topological polar surface area (TPSA) is 67.0 Å². The van der Waals surface area contributed by atoms with E-state index in [0.29, 0.717) is 18.2 Å². The summed E-state index contributed by atoms with van der Waals surface area (Å²) < 4.78 is 5.43. The number of ether oxygens (including phenoxy) is 1. The first-order chi connectivity index (χ1) is 12.1. The van der Waals surface area contributed by atoms with E-state index in [4.69, 9.17) is 4.74 Å². The molecule has 0 bridgehead atoms. The fourth-order valence-electron chi connectivity index (χ4n) is 2.57. The highest BCUT2D eigenvalue weighted by Gasteiger charge is 2.07. The Morgan fingerprint density at radius 1 is 1.20 bits per heavy atom. The van der Waals surface area contributed by atoms with Crippen LogP contribution in [-0.4, -0.2) is 29.0 Å². The van der Waals surface area contributed by atoms with E-state index in [1.165, 1.54) is 0 Å². The lowest BCUT2D eigenvalue weighted by molar-refractivity contribution is -0.123. The second-order valence-corrected chi connectivity index (χ2v) is 6.33. The quantitative estimate of drug-likeness (QED) is 0.694. The molecule has 1 heterocycles. The van der Waals surface area contributed by atoms with E-state index >= 15 is 0 Å². The number of H-pyrrole nitrogens is 1. The fourth-order valence-corrected chi connectivity index (χ4v) is 2.57. The molecule has 25 heavy (non-hydrogen) atoms. The Morgan fingerprint density at radius 2 is 2.00 bits per heavy atom. The number of carbonyl (C=O) groups is 1. The molecule has 0 saturated carbocycles. The van der Waals surface area contributed by atoms with Crippen molar-refractivity contribution >= 4 is 16.9 Å². The van der Waals surface area contributed by atoms with Crippen molar-refractivity contribution in [1.82, 2.24) is 15.3 Å². The number of imidazole rings is 1. The van der Waals surface area contributed by atoms with Crippen LogP contribution in [0.15, 0.2) is 48.5 Å². The smallest absolute Gasteiger partial charge is 0.257 e. The Hall–Kier alpha value is -2.82. The Kier molecular flexibility index (Phi) is 5.33. The Balaban J connectivity index is 1.48. The van der Waals surface area contributed by atoms with Crippen molar-refractivity contribution in [3.63, 3.8) is 0 Å². The van der Waals surface area contributed by atoms with Gasteiger partial charge in [0.1, 0.15) is 11.6 Å². The van der Waals surface area contributed by atoms with Gasteiger partial charge >= 0.3 is 0 Å². The first-order valence-corrected chi connectivity index (χ1v) is 8.55. The van der Waals surface area contributed by atoms with Gasteiger partial charge in [-0.2, -0.15) is 0 Å². The second kappa shape index (κ2) is 7.83. The number of hydrogen-bond donors (Lipinski definition) is 2. The number of amides is 1. The molecular formula is C20H23N3O2. The highest BCUT2D eigenvalue weighted by molar-refractivity contribution is 5.78. The molecule has 130 valence electrons. The van der Waals surface area contributed by atoms with E-state index in [9.17, 15) is 4.79 Å². The number of nitrogens with one attached hydrogen (secondary N) is 2. The zero-order valence-electron chi connectivity index (χ0n) is 14.6. The molecule has 0 radical (unpaired) electrons. The van der Waals surface area contributed by atoms with E-state index in [-0.39, 0.29) is 12.5 Å². The lowest BCUT2D eigenvalue weighted by Crippen LogP contribution is -2.30. The van der Waals surface area contributed by atoms with Gasteiger partial charge in [0.25, 0.3) is 5.91 Å². The summed E-state index contributed by atoms with van der Waals surface area (Å²) in [6.07, 6.45) is 0.767. The number of para-hydroxylation sites is 1. The summed E-state index contributed by atoms with van der Waals surface area (Å²) in [4.78, 5) is 19.8. The third kappa shape index (κ3) is 4.59. The molecule has 0 aliphatic carbocycles. The van der Waals surface area contributed by atoms with E-state index in [1.54, 1.807) is 0 Å². The molecule has 0 fully saturated rings. The van der Waals surface area contributed by atoms with Crippen molar-refractivity contribution in [3.8, 4) is 5.75 Å². The van der Waals surface area contributed by atoms with Gasteiger partial charge in [0.15, 0.2) is 6.61 Å². The summed E-state index contributed by atoms with van der Waals surface area (Å²) in [5.41, 5.74) is 3.18. The van der Waals surface area contributed by atoms with Crippen molar-refractivity contribution in [3.05, 3.63) is 59.9 Å². The third-order valence-corrected chi connectivity index (χ3v) is 3.96. The molecule has 0 unspecified atom stereocenters. The molecule has 0 atom stereocenters. The summed E-state index contributed by atoms with van der Waals surface area (Å²) >= 11 is 0. The summed E-state index contributed by atoms with van der Waals surface area (Å²) in [7, 11) is 0. The Labute approximate surface area is 147 Å². The third-order valence-electron chi connectivity index (χ3n) is 3.96. The van der Waals surface area contributed by atoms with Crippen molar-refractivity contribution in [2.45, 2.75) is 26.2 Å². The normalized spacial score (nSPS) is 11.0. The maximum Gasteiger partial charge on any atom is 0.257 e. The number of rotatable bonds is 7. The van der Waals surface area contributed by atoms with Crippen molar-refractivity contribution in [2.24, 2.45) is 0 Å². The minimum Gasteiger partial charge on any atom is -0.484 e. The molecular weight excluding hydrogens is 314 g/mol. The van der Waals surface area contributed by atoms with Crippen LogP contribution in [0.5, 0.6) is 5.75 Å². The summed E-state index contributed by atoms with van der Waals surface area (Å²) in [6.45, 7) is 4.84. The Bertz CT molecular complexity index is 841. The van der Waals surface area contributed by atoms with Crippen LogP contribution >= 0.6 is 0 Å². The van der Waals surface area contributed by atoms with Crippen LogP contribution in [0.3, 0.4) is 0 Å². The van der Waals surface area contributed by atoms with Gasteiger partial charge in [-0.1, -0.05) is 38.1 Å². The summed E-state index contributed by atoms with van der Waals surface area (Å²) in [6, 6.07) is 15.5. The average molecular weight is 337 g/mol. The van der Waals surface area contributed by atoms with Crippen LogP contribution in [0.2, 0.25) is 0 Å². The number of carbonyl (C=O) groups excluding carboxylic acids is 1. The van der Waals surface area contributed by atoms with E-state index in [2.05, 4.69) is 41.3 Å². The zero-order chi connectivity index (χ0) is 17.6. The predicted molar refractivity (Wildman–Crippen MR) is 98.8 cm³/mol. The molecule has 1 amide bonds. The molecule has 3 aromatic rings. The highest BCUT2D eigenvalue weighted by Crippen LogP contribution is 2.18. The highest BCUT2D eigenvalue weighted by atomic mass is 16.5. The maximum atomic E-state index is 11.8. The predicted octanol–water partition coefficient (Wildman–Crippen LogP) is 3.42. The number of fused-ring (bicyclic) bond motifs is 1. The SMILES string of the molecule is CC(C)c1nc2ccc(CCNC(=O)COc3ccccc3)cc2[nH]1. The van der Waals surface area contributed by atoms with Crippen LogP contribution in [0.25, 0.3) is 11.0 Å². The van der Waals surface area contributed by atoms with Crippen LogP contribution in [0.1, 0.15) is 31.2 Å². The fraction of sp³-hybridized carbons (Fsp3) is 0.300. The van der Waals surface area contributed by atoms with Gasteiger partial charge in [0.2, 0.25) is 0 Å². The summed E-state index contributed by atoms with van der Waals surface area (Å²) in [5, 5.41) is 2.88. The minimum absolute atomic E-state index is 0.0291. The lowest BCUT2D eigenvalue weighted by atomic mass is 10.1. The standard InChI is InChI=1S/C20H23N3O2/c1-14(2)20-22-17-9-8-15(12-18(17)23-20)10-11-21-19(24)13-25-16-6-4-3-5-7-16/h3-9,12,14H,10-11,13H2,1-2H3,(H,21,24)(H,22,23). The van der Waals surface area contributed by atoms with E-state index in [0.717, 1.165) is 28.8 Å². The monoisotopic (exact) mass is 337 g/mol. The van der Waals surface area contributed by atoms with Gasteiger partial charge in [0, 0.05) is 12.5 Å². The number of hydrogen-bond acceptors (Lipinski definition) is 3. The van der Waals surface area contributed by atoms with Crippen LogP contribution in [0.4, 0.5) is 0 Å². The molecule has 5 nitrogen and oxygen atoms in total. The van der Waals surface area contributed by atoms with Gasteiger partial charge in [-0.15, -0.1) is 0 Å². The molecule has 2 aromatic carbocycles. The van der Waals surface area contributed by atoms with Crippen LogP contribution in [0, 0.1) is 0 Å². The van der Waals surface area contributed by atoms with Crippen molar-refractivity contribution in [1.29, 1.82) is 0 Å². The molecule has 0 aliphatic rings. The summed E-state index contributed by atoms with van der Waals surface area (Å²) in [5.74, 6) is 1.95. The van der Waals surface area contributed by atoms with Crippen LogP contribution in [-0.2, 0) is 11.2 Å². The number of nitrogens with zero attached hydrogens (tertiary/aromatic N) is 1. The van der Waals surface area contributed by atoms with E-state index < -0.39 is 0 Å². The van der Waals surface area contributed by atoms with Gasteiger partial charge in [0.05, 0.1) is 11.0 Å². The number of benzene rings is 2. The lowest BCUT2D eigenvalue weighted by Gasteiger charge is -2.07. The van der Waals surface area contributed by atoms with Crippen LogP contribution < -0.4 is 10.1 Å². The van der Waals surface area contributed by atoms with Gasteiger partial charge in [-0.25, -0.2) is 4.98 Å². The van der Waals surface area contributed by atoms with E-state index in [1.807, 2.05) is 36.4 Å². The van der Waals surface area contributed by atoms with Gasteiger partial charge in [-0.3, -0.25) is 4.79 Å². The first-order valence-electron chi connectivity index (χ1n) is 8.55. The average Bonchev–Trinajstić information content (AvgIpc) is 3.04. The zero-order valence-corrected chi connectivity index (χ0v) is 14.6. The minimum atomic E-state index is -0.117. The largest absolute Gasteiger partial charge is 0.484 e. The molecule has 0 saturated heterocycles. The number of aromatic nitrogens is 2. The maximum absolute atomic E-state index is 11.8. The second-order valence-electron chi connectivity index (χ2n) is 6.33. The van der Waals surface area contributed by atoms with Crippen molar-refractivity contribution in [2.75, 3.05) is 13.2 Å². The van der Waals surface area contributed by atoms with Gasteiger partial charge < -0.3 is 15.0 Å². The molecule has 1 aromatic heterocycles.